The van der Waals surface area contributed by atoms with Crippen LogP contribution < -0.4 is 10.6 Å². The fourth-order valence-electron chi connectivity index (χ4n) is 1.85. The number of nitrogens with zero attached hydrogens (tertiary/aromatic N) is 3. The lowest BCUT2D eigenvalue weighted by Gasteiger charge is -2.18. The molecule has 0 aliphatic carbocycles. The predicted molar refractivity (Wildman–Crippen MR) is 74.3 cm³/mol. The average Bonchev–Trinajstić information content (AvgIpc) is 2.38. The van der Waals surface area contributed by atoms with Crippen molar-refractivity contribution in [3.63, 3.8) is 0 Å². The highest BCUT2D eigenvalue weighted by atomic mass is 19.1. The maximum absolute atomic E-state index is 13.1. The van der Waals surface area contributed by atoms with Gasteiger partial charge in [0.05, 0.1) is 0 Å². The Labute approximate surface area is 112 Å². The van der Waals surface area contributed by atoms with Crippen molar-refractivity contribution in [2.45, 2.75) is 13.0 Å². The molecule has 19 heavy (non-hydrogen) atoms. The molecule has 2 N–H and O–H groups in total. The van der Waals surface area contributed by atoms with Crippen molar-refractivity contribution in [1.82, 2.24) is 9.97 Å². The smallest absolute Gasteiger partial charge is 0.225 e. The quantitative estimate of drug-likeness (QED) is 0.914. The summed E-state index contributed by atoms with van der Waals surface area (Å²) >= 11 is 0. The number of hydrogen-bond donors (Lipinski definition) is 1. The molecule has 1 aromatic carbocycles. The van der Waals surface area contributed by atoms with Gasteiger partial charge in [0.25, 0.3) is 0 Å². The van der Waals surface area contributed by atoms with E-state index in [9.17, 15) is 4.39 Å². The summed E-state index contributed by atoms with van der Waals surface area (Å²) in [7, 11) is 1.89. The molecule has 0 fully saturated rings. The first-order valence-electron chi connectivity index (χ1n) is 6.11. The van der Waals surface area contributed by atoms with Crippen molar-refractivity contribution in [1.29, 1.82) is 0 Å². The fraction of sp³-hybridized carbons (Fsp3) is 0.286. The van der Waals surface area contributed by atoms with Crippen LogP contribution in [0.4, 0.5) is 10.3 Å². The number of aromatic nitrogens is 2. The van der Waals surface area contributed by atoms with Gasteiger partial charge < -0.3 is 10.6 Å². The van der Waals surface area contributed by atoms with Crippen LogP contribution in [0.5, 0.6) is 0 Å². The summed E-state index contributed by atoms with van der Waals surface area (Å²) in [6.07, 6.45) is 3.38. The van der Waals surface area contributed by atoms with Crippen LogP contribution >= 0.6 is 0 Å². The molecular formula is C14H17FN4. The number of benzene rings is 1. The molecule has 1 atom stereocenters. The molecule has 0 spiro atoms. The van der Waals surface area contributed by atoms with Crippen LogP contribution in [0.2, 0.25) is 0 Å². The van der Waals surface area contributed by atoms with E-state index in [-0.39, 0.29) is 11.9 Å². The van der Waals surface area contributed by atoms with Crippen LogP contribution in [0, 0.1) is 5.82 Å². The van der Waals surface area contributed by atoms with E-state index >= 15 is 0 Å². The lowest BCUT2D eigenvalue weighted by Crippen LogP contribution is -2.33. The molecule has 5 heteroatoms. The Hall–Kier alpha value is -2.01. The van der Waals surface area contributed by atoms with Gasteiger partial charge in [-0.2, -0.15) is 0 Å². The van der Waals surface area contributed by atoms with E-state index in [0.717, 1.165) is 11.1 Å². The van der Waals surface area contributed by atoms with Gasteiger partial charge in [0, 0.05) is 37.6 Å². The van der Waals surface area contributed by atoms with Crippen molar-refractivity contribution in [3.8, 4) is 11.1 Å². The molecule has 0 saturated heterocycles. The van der Waals surface area contributed by atoms with E-state index in [1.54, 1.807) is 18.5 Å². The molecule has 100 valence electrons. The molecule has 2 rings (SSSR count). The van der Waals surface area contributed by atoms with Gasteiger partial charge in [-0.3, -0.25) is 0 Å². The van der Waals surface area contributed by atoms with Crippen molar-refractivity contribution < 1.29 is 4.39 Å². The second kappa shape index (κ2) is 5.75. The highest BCUT2D eigenvalue weighted by Crippen LogP contribution is 2.19. The highest BCUT2D eigenvalue weighted by Gasteiger charge is 2.07. The zero-order valence-corrected chi connectivity index (χ0v) is 11.0. The molecule has 4 nitrogen and oxygen atoms in total. The van der Waals surface area contributed by atoms with Gasteiger partial charge in [0.1, 0.15) is 5.82 Å². The zero-order chi connectivity index (χ0) is 13.8. The molecule has 0 bridgehead atoms. The van der Waals surface area contributed by atoms with Crippen LogP contribution in [0.1, 0.15) is 6.92 Å². The standard InChI is InChI=1S/C14H17FN4/c1-10(16)9-19(2)14-17-7-12(8-18-14)11-4-3-5-13(15)6-11/h3-8,10H,9,16H2,1-2H3. The van der Waals surface area contributed by atoms with Gasteiger partial charge in [-0.15, -0.1) is 0 Å². The third-order valence-electron chi connectivity index (χ3n) is 2.70. The third-order valence-corrected chi connectivity index (χ3v) is 2.70. The van der Waals surface area contributed by atoms with Gasteiger partial charge >= 0.3 is 0 Å². The molecule has 0 saturated carbocycles. The topological polar surface area (TPSA) is 55.0 Å². The van der Waals surface area contributed by atoms with E-state index in [4.69, 9.17) is 5.73 Å². The van der Waals surface area contributed by atoms with E-state index < -0.39 is 0 Å². The molecule has 0 amide bonds. The Bertz CT molecular complexity index is 539. The molecule has 1 heterocycles. The summed E-state index contributed by atoms with van der Waals surface area (Å²) in [5.41, 5.74) is 7.28. The van der Waals surface area contributed by atoms with Crippen LogP contribution in [0.25, 0.3) is 11.1 Å². The molecular weight excluding hydrogens is 243 g/mol. The van der Waals surface area contributed by atoms with Crippen molar-refractivity contribution in [3.05, 3.63) is 42.5 Å². The normalized spacial score (nSPS) is 12.2. The van der Waals surface area contributed by atoms with E-state index in [1.807, 2.05) is 24.9 Å². The van der Waals surface area contributed by atoms with Crippen molar-refractivity contribution >= 4 is 5.95 Å². The minimum atomic E-state index is -0.268. The second-order valence-electron chi connectivity index (χ2n) is 4.64. The largest absolute Gasteiger partial charge is 0.342 e. The lowest BCUT2D eigenvalue weighted by molar-refractivity contribution is 0.628. The third kappa shape index (κ3) is 3.48. The molecule has 1 unspecified atom stereocenters. The summed E-state index contributed by atoms with van der Waals surface area (Å²) < 4.78 is 13.1. The monoisotopic (exact) mass is 260 g/mol. The summed E-state index contributed by atoms with van der Waals surface area (Å²) in [5, 5.41) is 0. The Kier molecular flexibility index (Phi) is 4.06. The maximum Gasteiger partial charge on any atom is 0.225 e. The number of nitrogens with two attached hydrogens (primary N) is 1. The number of halogens is 1. The van der Waals surface area contributed by atoms with Crippen LogP contribution in [-0.4, -0.2) is 29.6 Å². The Morgan fingerprint density at radius 1 is 1.26 bits per heavy atom. The van der Waals surface area contributed by atoms with E-state index in [2.05, 4.69) is 9.97 Å². The van der Waals surface area contributed by atoms with Gasteiger partial charge in [0.2, 0.25) is 5.95 Å². The molecule has 0 aliphatic rings. The zero-order valence-electron chi connectivity index (χ0n) is 11.0. The molecule has 0 radical (unpaired) electrons. The summed E-state index contributed by atoms with van der Waals surface area (Å²) in [4.78, 5) is 10.4. The minimum Gasteiger partial charge on any atom is -0.342 e. The van der Waals surface area contributed by atoms with Crippen LogP contribution in [-0.2, 0) is 0 Å². The Balaban J connectivity index is 2.19. The van der Waals surface area contributed by atoms with E-state index in [0.29, 0.717) is 12.5 Å². The van der Waals surface area contributed by atoms with Crippen LogP contribution in [0.3, 0.4) is 0 Å². The summed E-state index contributed by atoms with van der Waals surface area (Å²) in [5.74, 6) is 0.341. The van der Waals surface area contributed by atoms with Gasteiger partial charge in [-0.1, -0.05) is 12.1 Å². The Morgan fingerprint density at radius 3 is 2.53 bits per heavy atom. The first kappa shape index (κ1) is 13.4. The molecule has 0 aliphatic heterocycles. The molecule has 2 aromatic rings. The second-order valence-corrected chi connectivity index (χ2v) is 4.64. The summed E-state index contributed by atoms with van der Waals surface area (Å²) in [6, 6.07) is 6.42. The van der Waals surface area contributed by atoms with Crippen molar-refractivity contribution in [2.75, 3.05) is 18.5 Å². The number of anilines is 1. The number of hydrogen-bond acceptors (Lipinski definition) is 4. The first-order chi connectivity index (χ1) is 9.06. The predicted octanol–water partition coefficient (Wildman–Crippen LogP) is 2.07. The number of rotatable bonds is 4. The fourth-order valence-corrected chi connectivity index (χ4v) is 1.85. The highest BCUT2D eigenvalue weighted by molar-refractivity contribution is 5.61. The van der Waals surface area contributed by atoms with Gasteiger partial charge in [0.15, 0.2) is 0 Å². The first-order valence-corrected chi connectivity index (χ1v) is 6.11. The summed E-state index contributed by atoms with van der Waals surface area (Å²) in [6.45, 7) is 2.61. The number of likely N-dealkylation sites (N-methyl/N-ethyl adjacent to an activating group) is 1. The average molecular weight is 260 g/mol. The van der Waals surface area contributed by atoms with Gasteiger partial charge in [-0.25, -0.2) is 14.4 Å². The minimum absolute atomic E-state index is 0.0523. The SMILES string of the molecule is CC(N)CN(C)c1ncc(-c2cccc(F)c2)cn1. The van der Waals surface area contributed by atoms with E-state index in [1.165, 1.54) is 12.1 Å². The molecule has 1 aromatic heterocycles. The van der Waals surface area contributed by atoms with Crippen molar-refractivity contribution in [2.24, 2.45) is 5.73 Å². The van der Waals surface area contributed by atoms with Gasteiger partial charge in [-0.05, 0) is 24.6 Å². The maximum atomic E-state index is 13.1. The lowest BCUT2D eigenvalue weighted by atomic mass is 10.1. The van der Waals surface area contributed by atoms with Crippen LogP contribution in [0.15, 0.2) is 36.7 Å². The Morgan fingerprint density at radius 2 is 1.95 bits per heavy atom.